The van der Waals surface area contributed by atoms with Crippen LogP contribution in [0.1, 0.15) is 30.8 Å². The summed E-state index contributed by atoms with van der Waals surface area (Å²) in [5.41, 5.74) is 2.89. The van der Waals surface area contributed by atoms with Gasteiger partial charge in [-0.2, -0.15) is 10.2 Å². The van der Waals surface area contributed by atoms with Gasteiger partial charge in [0.1, 0.15) is 29.6 Å². The van der Waals surface area contributed by atoms with Gasteiger partial charge >= 0.3 is 5.97 Å². The first-order valence-corrected chi connectivity index (χ1v) is 9.43. The summed E-state index contributed by atoms with van der Waals surface area (Å²) in [6.45, 7) is 6.58. The van der Waals surface area contributed by atoms with E-state index in [0.717, 1.165) is 11.3 Å². The Morgan fingerprint density at radius 1 is 1.21 bits per heavy atom. The molecule has 148 valence electrons. The zero-order chi connectivity index (χ0) is 20.8. The normalized spacial score (nSPS) is 11.5. The highest BCUT2D eigenvalue weighted by atomic mass is 16.5. The molecule has 0 aliphatic heterocycles. The lowest BCUT2D eigenvalue weighted by Crippen LogP contribution is -2.08. The van der Waals surface area contributed by atoms with Crippen LogP contribution in [0.5, 0.6) is 5.88 Å². The lowest BCUT2D eigenvalue weighted by molar-refractivity contribution is -0.139. The second-order valence-corrected chi connectivity index (χ2v) is 7.10. The standard InChI is InChI=1S/C23H23N3O3/c1-16(2)14-28-22-20(26-17(3)8-7-11-21(26)25-22)12-19(13-24)23(27)29-15-18-9-5-4-6-10-18/h4-12,16H,14-15H2,1-3H3/b19-12-. The van der Waals surface area contributed by atoms with E-state index in [1.807, 2.05) is 79.8 Å². The van der Waals surface area contributed by atoms with Gasteiger partial charge in [-0.25, -0.2) is 4.79 Å². The van der Waals surface area contributed by atoms with Gasteiger partial charge in [0.25, 0.3) is 0 Å². The Kier molecular flexibility index (Phi) is 6.30. The summed E-state index contributed by atoms with van der Waals surface area (Å²) in [5, 5.41) is 9.55. The molecule has 1 aromatic carbocycles. The fraction of sp³-hybridized carbons (Fsp3) is 0.261. The molecule has 0 radical (unpaired) electrons. The molecule has 0 saturated carbocycles. The Labute approximate surface area is 170 Å². The van der Waals surface area contributed by atoms with Crippen LogP contribution in [0.4, 0.5) is 0 Å². The van der Waals surface area contributed by atoms with Gasteiger partial charge in [-0.05, 0) is 36.6 Å². The fourth-order valence-corrected chi connectivity index (χ4v) is 2.81. The summed E-state index contributed by atoms with van der Waals surface area (Å²) in [6.07, 6.45) is 1.48. The summed E-state index contributed by atoms with van der Waals surface area (Å²) < 4.78 is 13.0. The minimum Gasteiger partial charge on any atom is -0.476 e. The highest BCUT2D eigenvalue weighted by Gasteiger charge is 2.18. The SMILES string of the molecule is Cc1cccc2nc(OCC(C)C)c(/C=C(/C#N)C(=O)OCc3ccccc3)n12. The van der Waals surface area contributed by atoms with Crippen molar-refractivity contribution in [3.8, 4) is 11.9 Å². The number of benzene rings is 1. The third kappa shape index (κ3) is 4.82. The predicted octanol–water partition coefficient (Wildman–Crippen LogP) is 4.33. The monoisotopic (exact) mass is 389 g/mol. The van der Waals surface area contributed by atoms with Gasteiger partial charge in [0.15, 0.2) is 0 Å². The number of nitrogens with zero attached hydrogens (tertiary/aromatic N) is 3. The number of pyridine rings is 1. The van der Waals surface area contributed by atoms with Gasteiger partial charge in [-0.1, -0.05) is 50.2 Å². The average molecular weight is 389 g/mol. The second-order valence-electron chi connectivity index (χ2n) is 7.10. The van der Waals surface area contributed by atoms with Crippen LogP contribution in [0.2, 0.25) is 0 Å². The second kappa shape index (κ2) is 9.07. The molecule has 3 rings (SSSR count). The van der Waals surface area contributed by atoms with Crippen LogP contribution in [0, 0.1) is 24.2 Å². The lowest BCUT2D eigenvalue weighted by atomic mass is 10.2. The summed E-state index contributed by atoms with van der Waals surface area (Å²) in [5.74, 6) is 0.00956. The predicted molar refractivity (Wildman–Crippen MR) is 110 cm³/mol. The summed E-state index contributed by atoms with van der Waals surface area (Å²) in [7, 11) is 0. The number of hydrogen-bond donors (Lipinski definition) is 0. The van der Waals surface area contributed by atoms with E-state index in [9.17, 15) is 10.1 Å². The highest BCUT2D eigenvalue weighted by molar-refractivity contribution is 5.98. The number of nitriles is 1. The minimum atomic E-state index is -0.685. The largest absolute Gasteiger partial charge is 0.476 e. The maximum atomic E-state index is 12.5. The number of rotatable bonds is 7. The molecule has 2 aromatic heterocycles. The van der Waals surface area contributed by atoms with Crippen molar-refractivity contribution in [2.75, 3.05) is 6.61 Å². The number of fused-ring (bicyclic) bond motifs is 1. The quantitative estimate of drug-likeness (QED) is 0.341. The van der Waals surface area contributed by atoms with Crippen molar-refractivity contribution < 1.29 is 14.3 Å². The van der Waals surface area contributed by atoms with Crippen LogP contribution in [0.25, 0.3) is 11.7 Å². The molecule has 6 nitrogen and oxygen atoms in total. The number of hydrogen-bond acceptors (Lipinski definition) is 5. The Hall–Kier alpha value is -3.59. The first-order valence-electron chi connectivity index (χ1n) is 9.43. The molecule has 0 spiro atoms. The Morgan fingerprint density at radius 3 is 2.66 bits per heavy atom. The van der Waals surface area contributed by atoms with Gasteiger partial charge in [0, 0.05) is 5.69 Å². The average Bonchev–Trinajstić information content (AvgIpc) is 3.08. The van der Waals surface area contributed by atoms with Gasteiger partial charge < -0.3 is 9.47 Å². The van der Waals surface area contributed by atoms with E-state index in [2.05, 4.69) is 4.98 Å². The first-order chi connectivity index (χ1) is 14.0. The lowest BCUT2D eigenvalue weighted by Gasteiger charge is -2.08. The molecule has 0 aliphatic rings. The molecular formula is C23H23N3O3. The van der Waals surface area contributed by atoms with Crippen LogP contribution in [-0.4, -0.2) is 22.0 Å². The van der Waals surface area contributed by atoms with E-state index in [1.165, 1.54) is 6.08 Å². The number of aryl methyl sites for hydroxylation is 1. The van der Waals surface area contributed by atoms with Crippen molar-refractivity contribution >= 4 is 17.7 Å². The Balaban J connectivity index is 1.94. The number of ether oxygens (including phenoxy) is 2. The maximum Gasteiger partial charge on any atom is 0.349 e. The molecule has 0 fully saturated rings. The molecule has 6 heteroatoms. The third-order valence-corrected chi connectivity index (χ3v) is 4.23. The van der Waals surface area contributed by atoms with Crippen molar-refractivity contribution in [1.29, 1.82) is 5.26 Å². The van der Waals surface area contributed by atoms with E-state index >= 15 is 0 Å². The zero-order valence-corrected chi connectivity index (χ0v) is 16.8. The van der Waals surface area contributed by atoms with Crippen LogP contribution in [0.3, 0.4) is 0 Å². The molecule has 0 saturated heterocycles. The smallest absolute Gasteiger partial charge is 0.349 e. The van der Waals surface area contributed by atoms with E-state index in [1.54, 1.807) is 0 Å². The minimum absolute atomic E-state index is 0.0988. The molecule has 2 heterocycles. The fourth-order valence-electron chi connectivity index (χ4n) is 2.81. The maximum absolute atomic E-state index is 12.5. The number of aromatic nitrogens is 2. The summed E-state index contributed by atoms with van der Waals surface area (Å²) >= 11 is 0. The molecule has 3 aromatic rings. The van der Waals surface area contributed by atoms with E-state index in [0.29, 0.717) is 29.7 Å². The number of carbonyl (C=O) groups excluding carboxylic acids is 1. The van der Waals surface area contributed by atoms with Gasteiger partial charge in [0.2, 0.25) is 5.88 Å². The van der Waals surface area contributed by atoms with E-state index in [-0.39, 0.29) is 12.2 Å². The number of imidazole rings is 1. The van der Waals surface area contributed by atoms with Crippen molar-refractivity contribution in [3.05, 3.63) is 71.1 Å². The van der Waals surface area contributed by atoms with E-state index in [4.69, 9.17) is 9.47 Å². The van der Waals surface area contributed by atoms with Crippen molar-refractivity contribution in [2.24, 2.45) is 5.92 Å². The van der Waals surface area contributed by atoms with Crippen molar-refractivity contribution in [1.82, 2.24) is 9.38 Å². The molecule has 0 unspecified atom stereocenters. The first kappa shape index (κ1) is 20.2. The molecule has 0 atom stereocenters. The van der Waals surface area contributed by atoms with E-state index < -0.39 is 5.97 Å². The molecule has 29 heavy (non-hydrogen) atoms. The molecule has 0 bridgehead atoms. The van der Waals surface area contributed by atoms with Crippen LogP contribution >= 0.6 is 0 Å². The Bertz CT molecular complexity index is 1080. The van der Waals surface area contributed by atoms with Crippen LogP contribution in [0.15, 0.2) is 54.1 Å². The van der Waals surface area contributed by atoms with Gasteiger partial charge in [-0.3, -0.25) is 4.40 Å². The van der Waals surface area contributed by atoms with Crippen LogP contribution < -0.4 is 4.74 Å². The van der Waals surface area contributed by atoms with Crippen LogP contribution in [-0.2, 0) is 16.1 Å². The number of esters is 1. The van der Waals surface area contributed by atoms with Crippen molar-refractivity contribution in [2.45, 2.75) is 27.4 Å². The van der Waals surface area contributed by atoms with Gasteiger partial charge in [-0.15, -0.1) is 0 Å². The third-order valence-electron chi connectivity index (χ3n) is 4.23. The van der Waals surface area contributed by atoms with Gasteiger partial charge in [0.05, 0.1) is 6.61 Å². The Morgan fingerprint density at radius 2 is 1.97 bits per heavy atom. The highest BCUT2D eigenvalue weighted by Crippen LogP contribution is 2.25. The van der Waals surface area contributed by atoms with Crippen molar-refractivity contribution in [3.63, 3.8) is 0 Å². The zero-order valence-electron chi connectivity index (χ0n) is 16.8. The molecule has 0 amide bonds. The molecular weight excluding hydrogens is 366 g/mol. The summed E-state index contributed by atoms with van der Waals surface area (Å²) in [6, 6.07) is 17.0. The molecule has 0 N–H and O–H groups in total. The molecule has 0 aliphatic carbocycles. The number of carbonyl (C=O) groups is 1. The topological polar surface area (TPSA) is 76.6 Å². The summed E-state index contributed by atoms with van der Waals surface area (Å²) in [4.78, 5) is 17.0.